The lowest BCUT2D eigenvalue weighted by Gasteiger charge is -2.24. The largest absolute Gasteiger partial charge is 0.759 e. The number of carbonyl (C=O) groups is 1. The van der Waals surface area contributed by atoms with Crippen LogP contribution in [0.5, 0.6) is 0 Å². The first kappa shape index (κ1) is 17.0. The number of carbonyl (C=O) groups excluding carboxylic acids is 1. The molecule has 11 heteroatoms. The molecule has 10 nitrogen and oxygen atoms in total. The third-order valence-electron chi connectivity index (χ3n) is 3.64. The van der Waals surface area contributed by atoms with Crippen LogP contribution in [0.15, 0.2) is 48.0 Å². The summed E-state index contributed by atoms with van der Waals surface area (Å²) in [6.45, 7) is 1.63. The number of amides is 1. The third kappa shape index (κ3) is 3.36. The maximum absolute atomic E-state index is 12.4. The van der Waals surface area contributed by atoms with Crippen LogP contribution in [0.4, 0.5) is 0 Å². The SMILES string of the molecule is N#[N+]C(C(=O)N1CCOCC1)=C1C=CC(=S(=O)([O-])n2nccn2)C=C1. The Balaban J connectivity index is 1.92. The number of hydrogen-bond donors (Lipinski definition) is 0. The number of ether oxygens (including phenoxy) is 1. The summed E-state index contributed by atoms with van der Waals surface area (Å²) in [6, 6.07) is 0. The Morgan fingerprint density at radius 2 is 1.80 bits per heavy atom. The summed E-state index contributed by atoms with van der Waals surface area (Å²) in [6.07, 6.45) is 7.89. The van der Waals surface area contributed by atoms with Gasteiger partial charge in [-0.25, -0.2) is 0 Å². The maximum atomic E-state index is 12.4. The number of morpholine rings is 1. The van der Waals surface area contributed by atoms with E-state index in [1.54, 1.807) is 0 Å². The van der Waals surface area contributed by atoms with Crippen molar-refractivity contribution in [1.29, 1.82) is 5.39 Å². The molecule has 2 aliphatic rings. The van der Waals surface area contributed by atoms with Gasteiger partial charge in [0.1, 0.15) is 0 Å². The van der Waals surface area contributed by atoms with Gasteiger partial charge in [-0.15, -0.1) is 14.4 Å². The summed E-state index contributed by atoms with van der Waals surface area (Å²) in [5.41, 5.74) is 0.134. The normalized spacial score (nSPS) is 19.4. The van der Waals surface area contributed by atoms with Gasteiger partial charge in [0.15, 0.2) is 4.98 Å². The zero-order valence-corrected chi connectivity index (χ0v) is 13.8. The first-order valence-electron chi connectivity index (χ1n) is 7.35. The maximum Gasteiger partial charge on any atom is 0.456 e. The minimum Gasteiger partial charge on any atom is -0.759 e. The van der Waals surface area contributed by atoms with Crippen LogP contribution < -0.4 is 0 Å². The van der Waals surface area contributed by atoms with Gasteiger partial charge in [-0.1, -0.05) is 0 Å². The Morgan fingerprint density at radius 1 is 1.20 bits per heavy atom. The van der Waals surface area contributed by atoms with Gasteiger partial charge in [-0.3, -0.25) is 9.00 Å². The standard InChI is InChI=1S/C14H14N6O4S/c15-18-13(14(21)19-7-9-24-10-8-19)11-1-3-12(4-2-11)25(22,23)20-16-5-6-17-20/h1-6H,7-10H2. The highest BCUT2D eigenvalue weighted by molar-refractivity contribution is 7.96. The molecule has 0 radical (unpaired) electrons. The second-order valence-electron chi connectivity index (χ2n) is 5.13. The van der Waals surface area contributed by atoms with Gasteiger partial charge in [0.05, 0.1) is 31.2 Å². The predicted octanol–water partition coefficient (Wildman–Crippen LogP) is -0.280. The van der Waals surface area contributed by atoms with Crippen LogP contribution in [0.2, 0.25) is 0 Å². The molecule has 1 saturated heterocycles. The summed E-state index contributed by atoms with van der Waals surface area (Å²) in [4.78, 5) is 17.0. The van der Waals surface area contributed by atoms with E-state index >= 15 is 0 Å². The van der Waals surface area contributed by atoms with E-state index in [2.05, 4.69) is 15.2 Å². The Hall–Kier alpha value is -2.81. The fraction of sp³-hybridized carbons (Fsp3) is 0.286. The molecule has 0 bridgehead atoms. The molecule has 1 unspecified atom stereocenters. The molecule has 1 amide bonds. The van der Waals surface area contributed by atoms with E-state index in [9.17, 15) is 18.9 Å². The summed E-state index contributed by atoms with van der Waals surface area (Å²) in [5, 5.41) is 16.4. The Labute approximate surface area is 143 Å². The highest BCUT2D eigenvalue weighted by Gasteiger charge is 2.32. The van der Waals surface area contributed by atoms with E-state index < -0.39 is 15.9 Å². The van der Waals surface area contributed by atoms with Gasteiger partial charge in [0, 0.05) is 27.9 Å². The number of allylic oxidation sites excluding steroid dienone is 5. The van der Waals surface area contributed by atoms with Gasteiger partial charge in [0.25, 0.3) is 0 Å². The summed E-state index contributed by atoms with van der Waals surface area (Å²) in [5.74, 6) is -0.449. The molecule has 0 spiro atoms. The van der Waals surface area contributed by atoms with Crippen LogP contribution in [-0.2, 0) is 19.5 Å². The quantitative estimate of drug-likeness (QED) is 0.402. The summed E-state index contributed by atoms with van der Waals surface area (Å²) in [7, 11) is -3.91. The summed E-state index contributed by atoms with van der Waals surface area (Å²) >= 11 is 0. The second kappa shape index (κ2) is 6.98. The molecular weight excluding hydrogens is 348 g/mol. The van der Waals surface area contributed by atoms with Crippen molar-refractivity contribution in [3.05, 3.63) is 52.9 Å². The van der Waals surface area contributed by atoms with Gasteiger partial charge in [0.2, 0.25) is 5.39 Å². The minimum atomic E-state index is -3.91. The van der Waals surface area contributed by atoms with Gasteiger partial charge < -0.3 is 14.2 Å². The molecule has 2 heterocycles. The Morgan fingerprint density at radius 3 is 2.36 bits per heavy atom. The van der Waals surface area contributed by atoms with Crippen molar-refractivity contribution < 1.29 is 18.3 Å². The van der Waals surface area contributed by atoms with Crippen LogP contribution >= 0.6 is 0 Å². The zero-order valence-electron chi connectivity index (χ0n) is 13.0. The molecule has 1 aromatic rings. The van der Waals surface area contributed by atoms with Crippen molar-refractivity contribution in [2.75, 3.05) is 26.3 Å². The molecule has 0 saturated carbocycles. The highest BCUT2D eigenvalue weighted by atomic mass is 32.2. The lowest BCUT2D eigenvalue weighted by atomic mass is 10.1. The minimum absolute atomic E-state index is 0.0523. The lowest BCUT2D eigenvalue weighted by Crippen LogP contribution is -2.41. The van der Waals surface area contributed by atoms with E-state index in [-0.39, 0.29) is 10.6 Å². The number of aromatic nitrogens is 3. The van der Waals surface area contributed by atoms with Crippen LogP contribution in [-0.4, -0.2) is 65.1 Å². The van der Waals surface area contributed by atoms with Gasteiger partial charge in [-0.05, 0) is 24.3 Å². The van der Waals surface area contributed by atoms with Crippen molar-refractivity contribution >= 4 is 20.8 Å². The van der Waals surface area contributed by atoms with E-state index in [4.69, 9.17) is 4.74 Å². The van der Waals surface area contributed by atoms with Crippen molar-refractivity contribution in [1.82, 2.24) is 19.3 Å². The third-order valence-corrected chi connectivity index (χ3v) is 5.13. The van der Waals surface area contributed by atoms with Crippen molar-refractivity contribution in [2.45, 2.75) is 0 Å². The first-order valence-corrected chi connectivity index (χ1v) is 8.79. The molecular formula is C14H14N6O4S. The van der Waals surface area contributed by atoms with Crippen molar-refractivity contribution in [2.24, 2.45) is 0 Å². The fourth-order valence-electron chi connectivity index (χ4n) is 2.35. The molecule has 0 N–H and O–H groups in total. The zero-order chi connectivity index (χ0) is 17.9. The molecule has 1 fully saturated rings. The molecule has 1 atom stereocenters. The summed E-state index contributed by atoms with van der Waals surface area (Å²) < 4.78 is 30.4. The molecule has 0 aromatic carbocycles. The molecule has 130 valence electrons. The topological polar surface area (TPSA) is 129 Å². The molecule has 1 aliphatic carbocycles. The monoisotopic (exact) mass is 362 g/mol. The van der Waals surface area contributed by atoms with E-state index in [1.807, 2.05) is 0 Å². The van der Waals surface area contributed by atoms with Gasteiger partial charge in [-0.2, -0.15) is 0 Å². The molecule has 1 aromatic heterocycles. The van der Waals surface area contributed by atoms with Crippen LogP contribution in [0, 0.1) is 5.39 Å². The molecule has 3 rings (SSSR count). The highest BCUT2D eigenvalue weighted by Crippen LogP contribution is 2.18. The lowest BCUT2D eigenvalue weighted by molar-refractivity contribution is -0.130. The van der Waals surface area contributed by atoms with Crippen molar-refractivity contribution in [3.63, 3.8) is 0 Å². The van der Waals surface area contributed by atoms with E-state index in [0.29, 0.717) is 36.1 Å². The Bertz CT molecular complexity index is 907. The average molecular weight is 362 g/mol. The fourth-order valence-corrected chi connectivity index (χ4v) is 3.37. The van der Waals surface area contributed by atoms with Gasteiger partial charge >= 0.3 is 11.6 Å². The number of nitrogens with zero attached hydrogens (tertiary/aromatic N) is 6. The Kier molecular flexibility index (Phi) is 4.75. The first-order chi connectivity index (χ1) is 12.0. The van der Waals surface area contributed by atoms with E-state index in [1.165, 1.54) is 41.6 Å². The van der Waals surface area contributed by atoms with Crippen LogP contribution in [0.3, 0.4) is 0 Å². The smallest absolute Gasteiger partial charge is 0.456 e. The number of rotatable bonds is 2. The van der Waals surface area contributed by atoms with Crippen LogP contribution in [0.25, 0.3) is 4.98 Å². The van der Waals surface area contributed by atoms with Crippen LogP contribution in [0.1, 0.15) is 0 Å². The molecule has 1 aliphatic heterocycles. The number of hydrogen-bond acceptors (Lipinski definition) is 7. The molecule has 25 heavy (non-hydrogen) atoms. The van der Waals surface area contributed by atoms with Crippen molar-refractivity contribution in [3.8, 4) is 0 Å². The number of diazo groups is 1. The second-order valence-corrected chi connectivity index (χ2v) is 6.88. The van der Waals surface area contributed by atoms with E-state index in [0.717, 1.165) is 0 Å². The predicted molar refractivity (Wildman–Crippen MR) is 87.1 cm³/mol. The average Bonchev–Trinajstić information content (AvgIpc) is 3.19.